The summed E-state index contributed by atoms with van der Waals surface area (Å²) >= 11 is 0. The minimum atomic E-state index is -1.18. The zero-order valence-electron chi connectivity index (χ0n) is 15.8. The van der Waals surface area contributed by atoms with Crippen molar-refractivity contribution in [2.45, 2.75) is 44.2 Å². The number of aromatic nitrogens is 1. The lowest BCUT2D eigenvalue weighted by Crippen LogP contribution is -2.62. The predicted molar refractivity (Wildman–Crippen MR) is 98.8 cm³/mol. The minimum absolute atomic E-state index is 0.0633. The number of hydrogen-bond acceptors (Lipinski definition) is 4. The van der Waals surface area contributed by atoms with Crippen LogP contribution in [0.25, 0.3) is 0 Å². The van der Waals surface area contributed by atoms with Crippen molar-refractivity contribution in [2.75, 3.05) is 27.2 Å². The van der Waals surface area contributed by atoms with E-state index in [1.807, 2.05) is 0 Å². The molecular formula is C19H27N3O5. The molecule has 1 aliphatic heterocycles. The van der Waals surface area contributed by atoms with Crippen LogP contribution in [0.1, 0.15) is 42.5 Å². The fraction of sp³-hybridized carbons (Fsp3) is 0.632. The van der Waals surface area contributed by atoms with Crippen LogP contribution in [-0.2, 0) is 6.54 Å². The molecule has 1 aromatic heterocycles. The van der Waals surface area contributed by atoms with Gasteiger partial charge in [0.15, 0.2) is 0 Å². The molecule has 2 heterocycles. The maximum Gasteiger partial charge on any atom is 0.407 e. The van der Waals surface area contributed by atoms with Crippen molar-refractivity contribution in [2.24, 2.45) is 5.41 Å². The Kier molecular flexibility index (Phi) is 5.03. The quantitative estimate of drug-likeness (QED) is 0.825. The second kappa shape index (κ2) is 6.99. The molecule has 1 atom stereocenters. The summed E-state index contributed by atoms with van der Waals surface area (Å²) in [6.45, 7) is 0.580. The van der Waals surface area contributed by atoms with E-state index in [2.05, 4.69) is 0 Å². The molecule has 0 bridgehead atoms. The zero-order valence-corrected chi connectivity index (χ0v) is 15.8. The standard InChI is InChI=1S/C19H27N3O5/c1-20(2)16(24)14-5-6-15(23)22(11-14)13-19(27)9-10-21(17(25)26)12-18(19)7-3-4-8-18/h5-6,11,27H,3-4,7-10,12-13H2,1-2H3,(H,25,26). The minimum Gasteiger partial charge on any atom is -0.465 e. The zero-order chi connectivity index (χ0) is 19.8. The Hall–Kier alpha value is -2.35. The van der Waals surface area contributed by atoms with Gasteiger partial charge in [0, 0.05) is 44.9 Å². The lowest BCUT2D eigenvalue weighted by atomic mass is 9.66. The van der Waals surface area contributed by atoms with Gasteiger partial charge in [-0.15, -0.1) is 0 Å². The maximum atomic E-state index is 12.4. The highest BCUT2D eigenvalue weighted by atomic mass is 16.4. The summed E-state index contributed by atoms with van der Waals surface area (Å²) in [6, 6.07) is 2.83. The van der Waals surface area contributed by atoms with Gasteiger partial charge < -0.3 is 24.6 Å². The summed E-state index contributed by atoms with van der Waals surface area (Å²) in [5.41, 5.74) is -1.64. The van der Waals surface area contributed by atoms with Crippen LogP contribution in [0.4, 0.5) is 4.79 Å². The Bertz CT molecular complexity index is 797. The molecule has 27 heavy (non-hydrogen) atoms. The first-order chi connectivity index (χ1) is 12.7. The van der Waals surface area contributed by atoms with E-state index in [0.29, 0.717) is 5.56 Å². The second-order valence-corrected chi connectivity index (χ2v) is 8.06. The van der Waals surface area contributed by atoms with E-state index < -0.39 is 17.1 Å². The third-order valence-corrected chi connectivity index (χ3v) is 6.18. The van der Waals surface area contributed by atoms with Crippen LogP contribution in [0, 0.1) is 5.41 Å². The summed E-state index contributed by atoms with van der Waals surface area (Å²) < 4.78 is 1.40. The maximum absolute atomic E-state index is 12.4. The molecule has 0 radical (unpaired) electrons. The first-order valence-corrected chi connectivity index (χ1v) is 9.30. The van der Waals surface area contributed by atoms with Crippen LogP contribution in [0.15, 0.2) is 23.1 Å². The number of likely N-dealkylation sites (tertiary alicyclic amines) is 1. The summed E-state index contributed by atoms with van der Waals surface area (Å²) in [4.78, 5) is 38.9. The lowest BCUT2D eigenvalue weighted by molar-refractivity contribution is -0.137. The molecule has 2 aliphatic rings. The summed E-state index contributed by atoms with van der Waals surface area (Å²) in [6.07, 6.45) is 4.13. The van der Waals surface area contributed by atoms with Gasteiger partial charge in [0.2, 0.25) is 0 Å². The van der Waals surface area contributed by atoms with Crippen molar-refractivity contribution >= 4 is 12.0 Å². The van der Waals surface area contributed by atoms with Gasteiger partial charge in [-0.25, -0.2) is 4.79 Å². The van der Waals surface area contributed by atoms with Crippen molar-refractivity contribution in [3.8, 4) is 0 Å². The van der Waals surface area contributed by atoms with Crippen LogP contribution < -0.4 is 5.56 Å². The van der Waals surface area contributed by atoms with Crippen molar-refractivity contribution < 1.29 is 19.8 Å². The van der Waals surface area contributed by atoms with E-state index in [4.69, 9.17) is 0 Å². The van der Waals surface area contributed by atoms with Gasteiger partial charge >= 0.3 is 6.09 Å². The van der Waals surface area contributed by atoms with Crippen molar-refractivity contribution in [3.63, 3.8) is 0 Å². The number of pyridine rings is 1. The number of carbonyl (C=O) groups is 2. The SMILES string of the molecule is CN(C)C(=O)c1ccc(=O)n(CC2(O)CCN(C(=O)O)CC23CCCC3)c1. The molecule has 148 valence electrons. The van der Waals surface area contributed by atoms with Gasteiger partial charge in [-0.1, -0.05) is 12.8 Å². The Balaban J connectivity index is 1.93. The third kappa shape index (κ3) is 3.45. The van der Waals surface area contributed by atoms with Crippen LogP contribution in [0.5, 0.6) is 0 Å². The highest BCUT2D eigenvalue weighted by Gasteiger charge is 2.55. The molecule has 8 heteroatoms. The Morgan fingerprint density at radius 1 is 1.19 bits per heavy atom. The predicted octanol–water partition coefficient (Wildman–Crippen LogP) is 1.23. The van der Waals surface area contributed by atoms with Crippen LogP contribution in [-0.4, -0.2) is 69.4 Å². The fourth-order valence-electron chi connectivity index (χ4n) is 4.58. The first-order valence-electron chi connectivity index (χ1n) is 9.30. The first kappa shape index (κ1) is 19.4. The van der Waals surface area contributed by atoms with Gasteiger partial charge in [-0.05, 0) is 25.3 Å². The number of nitrogens with zero attached hydrogens (tertiary/aromatic N) is 3. The number of amides is 2. The summed E-state index contributed by atoms with van der Waals surface area (Å²) in [5, 5.41) is 20.9. The monoisotopic (exact) mass is 377 g/mol. The van der Waals surface area contributed by atoms with Crippen molar-refractivity contribution in [1.82, 2.24) is 14.4 Å². The molecule has 3 rings (SSSR count). The Morgan fingerprint density at radius 2 is 1.85 bits per heavy atom. The molecule has 1 unspecified atom stereocenters. The lowest BCUT2D eigenvalue weighted by Gasteiger charge is -2.51. The smallest absolute Gasteiger partial charge is 0.407 e. The number of piperidine rings is 1. The van der Waals surface area contributed by atoms with Gasteiger partial charge in [0.05, 0.1) is 17.7 Å². The molecular weight excluding hydrogens is 350 g/mol. The van der Waals surface area contributed by atoms with Gasteiger partial charge in [0.1, 0.15) is 0 Å². The molecule has 1 spiro atoms. The molecule has 1 aliphatic carbocycles. The highest BCUT2D eigenvalue weighted by Crippen LogP contribution is 2.51. The summed E-state index contributed by atoms with van der Waals surface area (Å²) in [7, 11) is 3.28. The average Bonchev–Trinajstić information content (AvgIpc) is 3.08. The van der Waals surface area contributed by atoms with E-state index in [-0.39, 0.29) is 37.5 Å². The van der Waals surface area contributed by atoms with Gasteiger partial charge in [-0.3, -0.25) is 9.59 Å². The average molecular weight is 377 g/mol. The van der Waals surface area contributed by atoms with Crippen LogP contribution in [0.2, 0.25) is 0 Å². The van der Waals surface area contributed by atoms with Gasteiger partial charge in [0.25, 0.3) is 11.5 Å². The van der Waals surface area contributed by atoms with E-state index in [0.717, 1.165) is 25.7 Å². The molecule has 1 saturated heterocycles. The molecule has 2 fully saturated rings. The number of carboxylic acid groups (broad SMARTS) is 1. The summed E-state index contributed by atoms with van der Waals surface area (Å²) in [5.74, 6) is -0.216. The molecule has 1 saturated carbocycles. The Morgan fingerprint density at radius 3 is 2.44 bits per heavy atom. The third-order valence-electron chi connectivity index (χ3n) is 6.18. The van der Waals surface area contributed by atoms with E-state index in [1.165, 1.54) is 32.7 Å². The normalized spacial score (nSPS) is 24.2. The van der Waals surface area contributed by atoms with E-state index in [9.17, 15) is 24.6 Å². The van der Waals surface area contributed by atoms with Crippen LogP contribution in [0.3, 0.4) is 0 Å². The number of carbonyl (C=O) groups excluding carboxylic acids is 1. The largest absolute Gasteiger partial charge is 0.465 e. The second-order valence-electron chi connectivity index (χ2n) is 8.06. The van der Waals surface area contributed by atoms with Gasteiger partial charge in [-0.2, -0.15) is 0 Å². The molecule has 1 aromatic rings. The Labute approximate surface area is 158 Å². The fourth-order valence-corrected chi connectivity index (χ4v) is 4.58. The number of aliphatic hydroxyl groups is 1. The topological polar surface area (TPSA) is 103 Å². The molecule has 8 nitrogen and oxygen atoms in total. The molecule has 2 N–H and O–H groups in total. The van der Waals surface area contributed by atoms with E-state index >= 15 is 0 Å². The van der Waals surface area contributed by atoms with Crippen LogP contribution >= 0.6 is 0 Å². The number of hydrogen-bond donors (Lipinski definition) is 2. The molecule has 2 amide bonds. The highest BCUT2D eigenvalue weighted by molar-refractivity contribution is 5.93. The van der Waals surface area contributed by atoms with E-state index in [1.54, 1.807) is 14.1 Å². The molecule has 0 aromatic carbocycles. The van der Waals surface area contributed by atoms with Crippen molar-refractivity contribution in [3.05, 3.63) is 34.2 Å². The van der Waals surface area contributed by atoms with Crippen molar-refractivity contribution in [1.29, 1.82) is 0 Å². The number of rotatable bonds is 3.